The van der Waals surface area contributed by atoms with Gasteiger partial charge in [0.05, 0.1) is 15.6 Å². The van der Waals surface area contributed by atoms with E-state index in [9.17, 15) is 4.79 Å². The van der Waals surface area contributed by atoms with Gasteiger partial charge in [-0.1, -0.05) is 18.5 Å². The molecule has 5 nitrogen and oxygen atoms in total. The van der Waals surface area contributed by atoms with Gasteiger partial charge in [-0.2, -0.15) is 0 Å². The highest BCUT2D eigenvalue weighted by molar-refractivity contribution is 7.99. The number of thioether (sulfide) groups is 1. The van der Waals surface area contributed by atoms with Gasteiger partial charge in [0, 0.05) is 38.6 Å². The van der Waals surface area contributed by atoms with Gasteiger partial charge in [-0.25, -0.2) is 9.97 Å². The standard InChI is InChI=1S/C17H19ClN4OS/c1-2-24-16-6-3-13(11-20-16)17(23)22-9-7-21(8-10-22)15-5-4-14(18)12-19-15/h3-6,11-12H,2,7-10H2,1H3. The summed E-state index contributed by atoms with van der Waals surface area (Å²) < 4.78 is 0. The molecule has 0 radical (unpaired) electrons. The minimum absolute atomic E-state index is 0.0410. The van der Waals surface area contributed by atoms with Gasteiger partial charge in [0.1, 0.15) is 5.82 Å². The Balaban J connectivity index is 1.59. The second-order valence-corrected chi connectivity index (χ2v) is 7.15. The number of nitrogens with zero attached hydrogens (tertiary/aromatic N) is 4. The first-order chi connectivity index (χ1) is 11.7. The van der Waals surface area contributed by atoms with Crippen molar-refractivity contribution >= 4 is 35.1 Å². The first-order valence-corrected chi connectivity index (χ1v) is 9.28. The van der Waals surface area contributed by atoms with Gasteiger partial charge in [0.15, 0.2) is 0 Å². The first kappa shape index (κ1) is 17.0. The molecule has 0 aliphatic carbocycles. The summed E-state index contributed by atoms with van der Waals surface area (Å²) in [6.45, 7) is 4.96. The highest BCUT2D eigenvalue weighted by atomic mass is 35.5. The Bertz CT molecular complexity index is 685. The highest BCUT2D eigenvalue weighted by Crippen LogP contribution is 2.18. The minimum Gasteiger partial charge on any atom is -0.353 e. The largest absolute Gasteiger partial charge is 0.353 e. The lowest BCUT2D eigenvalue weighted by atomic mass is 10.2. The molecule has 1 aliphatic rings. The molecule has 0 unspecified atom stereocenters. The van der Waals surface area contributed by atoms with Crippen LogP contribution in [0.5, 0.6) is 0 Å². The van der Waals surface area contributed by atoms with E-state index in [1.807, 2.05) is 29.2 Å². The second kappa shape index (κ2) is 7.85. The van der Waals surface area contributed by atoms with Gasteiger partial charge >= 0.3 is 0 Å². The van der Waals surface area contributed by atoms with Gasteiger partial charge in [-0.3, -0.25) is 4.79 Å². The molecular weight excluding hydrogens is 344 g/mol. The number of anilines is 1. The van der Waals surface area contributed by atoms with Gasteiger partial charge in [-0.15, -0.1) is 11.8 Å². The van der Waals surface area contributed by atoms with E-state index in [1.54, 1.807) is 24.2 Å². The van der Waals surface area contributed by atoms with Crippen LogP contribution in [0.2, 0.25) is 5.02 Å². The van der Waals surface area contributed by atoms with Crippen molar-refractivity contribution in [2.45, 2.75) is 11.9 Å². The molecule has 1 saturated heterocycles. The normalized spacial score (nSPS) is 14.8. The van der Waals surface area contributed by atoms with Crippen molar-refractivity contribution in [3.63, 3.8) is 0 Å². The third-order valence-electron chi connectivity index (χ3n) is 3.88. The predicted octanol–water partition coefficient (Wildman–Crippen LogP) is 3.20. The lowest BCUT2D eigenvalue weighted by molar-refractivity contribution is 0.0746. The van der Waals surface area contributed by atoms with Gasteiger partial charge < -0.3 is 9.80 Å². The van der Waals surface area contributed by atoms with Crippen LogP contribution in [0.4, 0.5) is 5.82 Å². The summed E-state index contributed by atoms with van der Waals surface area (Å²) in [6.07, 6.45) is 3.32. The number of piperazine rings is 1. The molecule has 1 aliphatic heterocycles. The molecule has 0 bridgehead atoms. The van der Waals surface area contributed by atoms with Crippen molar-refractivity contribution in [3.05, 3.63) is 47.2 Å². The zero-order valence-electron chi connectivity index (χ0n) is 13.5. The molecular formula is C17H19ClN4OS. The Morgan fingerprint density at radius 3 is 2.50 bits per heavy atom. The topological polar surface area (TPSA) is 49.3 Å². The van der Waals surface area contributed by atoms with Crippen LogP contribution in [0.15, 0.2) is 41.7 Å². The molecule has 24 heavy (non-hydrogen) atoms. The van der Waals surface area contributed by atoms with Crippen LogP contribution in [0.25, 0.3) is 0 Å². The molecule has 7 heteroatoms. The highest BCUT2D eigenvalue weighted by Gasteiger charge is 2.23. The maximum atomic E-state index is 12.6. The summed E-state index contributed by atoms with van der Waals surface area (Å²) in [6, 6.07) is 7.52. The number of rotatable bonds is 4. The molecule has 0 aromatic carbocycles. The predicted molar refractivity (Wildman–Crippen MR) is 98.0 cm³/mol. The monoisotopic (exact) mass is 362 g/mol. The zero-order valence-corrected chi connectivity index (χ0v) is 15.1. The van der Waals surface area contributed by atoms with E-state index in [2.05, 4.69) is 21.8 Å². The molecule has 2 aromatic heterocycles. The van der Waals surface area contributed by atoms with Gasteiger partial charge in [-0.05, 0) is 30.0 Å². The maximum Gasteiger partial charge on any atom is 0.255 e. The zero-order chi connectivity index (χ0) is 16.9. The lowest BCUT2D eigenvalue weighted by Crippen LogP contribution is -2.49. The van der Waals surface area contributed by atoms with E-state index in [0.29, 0.717) is 23.7 Å². The molecule has 2 aromatic rings. The second-order valence-electron chi connectivity index (χ2n) is 5.43. The van der Waals surface area contributed by atoms with Crippen molar-refractivity contribution in [1.82, 2.24) is 14.9 Å². The van der Waals surface area contributed by atoms with Crippen molar-refractivity contribution < 1.29 is 4.79 Å². The molecule has 3 heterocycles. The van der Waals surface area contributed by atoms with E-state index in [0.717, 1.165) is 29.7 Å². The number of carbonyl (C=O) groups is 1. The summed E-state index contributed by atoms with van der Waals surface area (Å²) in [5.74, 6) is 1.91. The Morgan fingerprint density at radius 2 is 1.92 bits per heavy atom. The van der Waals surface area contributed by atoms with E-state index in [1.165, 1.54) is 0 Å². The fraction of sp³-hybridized carbons (Fsp3) is 0.353. The van der Waals surface area contributed by atoms with Crippen LogP contribution in [0.1, 0.15) is 17.3 Å². The molecule has 1 fully saturated rings. The molecule has 0 atom stereocenters. The SMILES string of the molecule is CCSc1ccc(C(=O)N2CCN(c3ccc(Cl)cn3)CC2)cn1. The number of amides is 1. The first-order valence-electron chi connectivity index (χ1n) is 7.92. The number of hydrogen-bond acceptors (Lipinski definition) is 5. The third kappa shape index (κ3) is 3.99. The number of carbonyl (C=O) groups excluding carboxylic acids is 1. The molecule has 3 rings (SSSR count). The van der Waals surface area contributed by atoms with Crippen LogP contribution in [0, 0.1) is 0 Å². The smallest absolute Gasteiger partial charge is 0.255 e. The summed E-state index contributed by atoms with van der Waals surface area (Å²) >= 11 is 7.54. The quantitative estimate of drug-likeness (QED) is 0.782. The Labute approximate surface area is 151 Å². The molecule has 0 N–H and O–H groups in total. The third-order valence-corrected chi connectivity index (χ3v) is 4.93. The van der Waals surface area contributed by atoms with E-state index in [-0.39, 0.29) is 5.91 Å². The average Bonchev–Trinajstić information content (AvgIpc) is 2.63. The van der Waals surface area contributed by atoms with Crippen LogP contribution < -0.4 is 4.90 Å². The van der Waals surface area contributed by atoms with Crippen LogP contribution in [-0.4, -0.2) is 52.7 Å². The lowest BCUT2D eigenvalue weighted by Gasteiger charge is -2.35. The van der Waals surface area contributed by atoms with E-state index < -0.39 is 0 Å². The maximum absolute atomic E-state index is 12.6. The number of hydrogen-bond donors (Lipinski definition) is 0. The van der Waals surface area contributed by atoms with Gasteiger partial charge in [0.25, 0.3) is 5.91 Å². The summed E-state index contributed by atoms with van der Waals surface area (Å²) in [4.78, 5) is 25.3. The number of aromatic nitrogens is 2. The van der Waals surface area contributed by atoms with Crippen molar-refractivity contribution in [1.29, 1.82) is 0 Å². The van der Waals surface area contributed by atoms with E-state index in [4.69, 9.17) is 11.6 Å². The van der Waals surface area contributed by atoms with Crippen LogP contribution in [0.3, 0.4) is 0 Å². The molecule has 0 saturated carbocycles. The van der Waals surface area contributed by atoms with E-state index >= 15 is 0 Å². The molecule has 1 amide bonds. The van der Waals surface area contributed by atoms with Crippen LogP contribution >= 0.6 is 23.4 Å². The fourth-order valence-corrected chi connectivity index (χ4v) is 3.32. The summed E-state index contributed by atoms with van der Waals surface area (Å²) in [5, 5.41) is 1.58. The summed E-state index contributed by atoms with van der Waals surface area (Å²) in [5.41, 5.74) is 0.647. The fourth-order valence-electron chi connectivity index (χ4n) is 2.62. The molecule has 126 valence electrons. The van der Waals surface area contributed by atoms with Crippen molar-refractivity contribution in [2.24, 2.45) is 0 Å². The van der Waals surface area contributed by atoms with Crippen molar-refractivity contribution in [3.8, 4) is 0 Å². The van der Waals surface area contributed by atoms with Gasteiger partial charge in [0.2, 0.25) is 0 Å². The number of halogens is 1. The van der Waals surface area contributed by atoms with Crippen molar-refractivity contribution in [2.75, 3.05) is 36.8 Å². The number of pyridine rings is 2. The Morgan fingerprint density at radius 1 is 1.12 bits per heavy atom. The molecule has 0 spiro atoms. The summed E-state index contributed by atoms with van der Waals surface area (Å²) in [7, 11) is 0. The minimum atomic E-state index is 0.0410. The Kier molecular flexibility index (Phi) is 5.58. The van der Waals surface area contributed by atoms with Crippen LogP contribution in [-0.2, 0) is 0 Å². The average molecular weight is 363 g/mol. The Hall–Kier alpha value is -1.79.